The molecule has 0 saturated carbocycles. The van der Waals surface area contributed by atoms with Crippen molar-refractivity contribution in [1.82, 2.24) is 0 Å². The van der Waals surface area contributed by atoms with Crippen LogP contribution in [0.2, 0.25) is 0 Å². The summed E-state index contributed by atoms with van der Waals surface area (Å²) in [5, 5.41) is 0. The number of aryl methyl sites for hydroxylation is 1. The summed E-state index contributed by atoms with van der Waals surface area (Å²) in [5.74, 6) is 0. The first-order valence-electron chi connectivity index (χ1n) is 5.35. The predicted octanol–water partition coefficient (Wildman–Crippen LogP) is 4.41. The first kappa shape index (κ1) is 13.1. The lowest BCUT2D eigenvalue weighted by atomic mass is 9.98. The maximum absolute atomic E-state index is 6.32. The van der Waals surface area contributed by atoms with Crippen molar-refractivity contribution in [2.45, 2.75) is 13.0 Å². The Labute approximate surface area is 124 Å². The first-order valence-corrected chi connectivity index (χ1v) is 7.22. The van der Waals surface area contributed by atoms with Crippen molar-refractivity contribution in [3.8, 4) is 0 Å². The molecule has 3 heteroatoms. The first-order chi connectivity index (χ1) is 8.08. The van der Waals surface area contributed by atoms with Gasteiger partial charge >= 0.3 is 0 Å². The molecule has 0 aromatic heterocycles. The number of rotatable bonds is 2. The van der Waals surface area contributed by atoms with E-state index in [2.05, 4.69) is 75.8 Å². The van der Waals surface area contributed by atoms with Crippen LogP contribution in [0.3, 0.4) is 0 Å². The molecule has 0 spiro atoms. The van der Waals surface area contributed by atoms with E-state index in [1.807, 2.05) is 12.1 Å². The summed E-state index contributed by atoms with van der Waals surface area (Å²) in [7, 11) is 0. The molecular weight excluding hydrogens is 389 g/mol. The predicted molar refractivity (Wildman–Crippen MR) is 84.1 cm³/mol. The van der Waals surface area contributed by atoms with Crippen LogP contribution in [0, 0.1) is 10.5 Å². The van der Waals surface area contributed by atoms with Crippen molar-refractivity contribution >= 4 is 38.5 Å². The molecule has 0 saturated heterocycles. The Morgan fingerprint density at radius 3 is 2.65 bits per heavy atom. The SMILES string of the molecule is Cc1cccc(C(N)c2cc(I)ccc2Br)c1. The van der Waals surface area contributed by atoms with Crippen LogP contribution in [0.5, 0.6) is 0 Å². The van der Waals surface area contributed by atoms with Gasteiger partial charge in [-0.25, -0.2) is 0 Å². The molecule has 0 heterocycles. The van der Waals surface area contributed by atoms with Crippen molar-refractivity contribution < 1.29 is 0 Å². The third kappa shape index (κ3) is 3.09. The highest BCUT2D eigenvalue weighted by atomic mass is 127. The lowest BCUT2D eigenvalue weighted by Gasteiger charge is -2.15. The second-order valence-corrected chi connectivity index (χ2v) is 6.16. The molecule has 0 bridgehead atoms. The van der Waals surface area contributed by atoms with Gasteiger partial charge in [-0.3, -0.25) is 0 Å². The van der Waals surface area contributed by atoms with Crippen molar-refractivity contribution in [3.63, 3.8) is 0 Å². The van der Waals surface area contributed by atoms with Crippen LogP contribution in [0.1, 0.15) is 22.7 Å². The molecule has 1 atom stereocenters. The molecule has 1 nitrogen and oxygen atoms in total. The molecule has 2 rings (SSSR count). The Hall–Kier alpha value is -0.390. The summed E-state index contributed by atoms with van der Waals surface area (Å²) in [6.45, 7) is 2.08. The zero-order valence-corrected chi connectivity index (χ0v) is 13.2. The second kappa shape index (κ2) is 5.50. The molecule has 2 aromatic carbocycles. The van der Waals surface area contributed by atoms with Gasteiger partial charge in [0, 0.05) is 8.04 Å². The zero-order valence-electron chi connectivity index (χ0n) is 9.45. The van der Waals surface area contributed by atoms with Crippen molar-refractivity contribution in [1.29, 1.82) is 0 Å². The molecule has 0 radical (unpaired) electrons. The quantitative estimate of drug-likeness (QED) is 0.741. The molecule has 88 valence electrons. The van der Waals surface area contributed by atoms with E-state index in [0.717, 1.165) is 15.6 Å². The van der Waals surface area contributed by atoms with Gasteiger partial charge in [0.05, 0.1) is 6.04 Å². The molecule has 0 aliphatic carbocycles. The number of hydrogen-bond acceptors (Lipinski definition) is 1. The zero-order chi connectivity index (χ0) is 12.4. The Balaban J connectivity index is 2.43. The summed E-state index contributed by atoms with van der Waals surface area (Å²) in [5.41, 5.74) is 9.83. The Bertz CT molecular complexity index is 539. The van der Waals surface area contributed by atoms with E-state index in [0.29, 0.717) is 0 Å². The highest BCUT2D eigenvalue weighted by Crippen LogP contribution is 2.28. The van der Waals surface area contributed by atoms with E-state index in [-0.39, 0.29) is 6.04 Å². The van der Waals surface area contributed by atoms with Crippen LogP contribution >= 0.6 is 38.5 Å². The minimum atomic E-state index is -0.0843. The topological polar surface area (TPSA) is 26.0 Å². The van der Waals surface area contributed by atoms with Crippen LogP contribution in [0.25, 0.3) is 0 Å². The monoisotopic (exact) mass is 401 g/mol. The molecule has 2 N–H and O–H groups in total. The van der Waals surface area contributed by atoms with Crippen molar-refractivity contribution in [2.24, 2.45) is 5.73 Å². The van der Waals surface area contributed by atoms with Crippen LogP contribution in [0.15, 0.2) is 46.9 Å². The average molecular weight is 402 g/mol. The Morgan fingerprint density at radius 2 is 1.94 bits per heavy atom. The van der Waals surface area contributed by atoms with Gasteiger partial charge in [-0.2, -0.15) is 0 Å². The minimum absolute atomic E-state index is 0.0843. The summed E-state index contributed by atoms with van der Waals surface area (Å²) in [6, 6.07) is 14.5. The summed E-state index contributed by atoms with van der Waals surface area (Å²) >= 11 is 5.87. The van der Waals surface area contributed by atoms with Gasteiger partial charge in [0.15, 0.2) is 0 Å². The third-order valence-electron chi connectivity index (χ3n) is 2.69. The number of halogens is 2. The van der Waals surface area contributed by atoms with Gasteiger partial charge in [0.1, 0.15) is 0 Å². The smallest absolute Gasteiger partial charge is 0.0563 e. The molecule has 17 heavy (non-hydrogen) atoms. The van der Waals surface area contributed by atoms with Gasteiger partial charge < -0.3 is 5.73 Å². The maximum atomic E-state index is 6.32. The fourth-order valence-corrected chi connectivity index (χ4v) is 2.80. The number of hydrogen-bond donors (Lipinski definition) is 1. The second-order valence-electron chi connectivity index (χ2n) is 4.06. The van der Waals surface area contributed by atoms with Crippen LogP contribution in [-0.4, -0.2) is 0 Å². The van der Waals surface area contributed by atoms with Gasteiger partial charge in [-0.05, 0) is 58.8 Å². The van der Waals surface area contributed by atoms with E-state index < -0.39 is 0 Å². The highest BCUT2D eigenvalue weighted by Gasteiger charge is 2.12. The lowest BCUT2D eigenvalue weighted by molar-refractivity contribution is 0.863. The van der Waals surface area contributed by atoms with E-state index in [4.69, 9.17) is 5.73 Å². The van der Waals surface area contributed by atoms with E-state index in [9.17, 15) is 0 Å². The van der Waals surface area contributed by atoms with Crippen LogP contribution in [-0.2, 0) is 0 Å². The minimum Gasteiger partial charge on any atom is -0.320 e. The molecule has 0 amide bonds. The molecule has 0 aliphatic rings. The molecule has 2 aromatic rings. The molecule has 0 fully saturated rings. The summed E-state index contributed by atoms with van der Waals surface area (Å²) in [6.07, 6.45) is 0. The van der Waals surface area contributed by atoms with E-state index >= 15 is 0 Å². The average Bonchev–Trinajstić information content (AvgIpc) is 2.31. The van der Waals surface area contributed by atoms with E-state index in [1.54, 1.807) is 0 Å². The van der Waals surface area contributed by atoms with Crippen molar-refractivity contribution in [2.75, 3.05) is 0 Å². The van der Waals surface area contributed by atoms with Gasteiger partial charge in [0.25, 0.3) is 0 Å². The largest absolute Gasteiger partial charge is 0.320 e. The lowest BCUT2D eigenvalue weighted by Crippen LogP contribution is -2.12. The summed E-state index contributed by atoms with van der Waals surface area (Å²) < 4.78 is 2.26. The highest BCUT2D eigenvalue weighted by molar-refractivity contribution is 14.1. The van der Waals surface area contributed by atoms with Gasteiger partial charge in [-0.15, -0.1) is 0 Å². The molecule has 1 unspecified atom stereocenters. The Morgan fingerprint density at radius 1 is 1.18 bits per heavy atom. The van der Waals surface area contributed by atoms with Gasteiger partial charge in [-0.1, -0.05) is 45.8 Å². The third-order valence-corrected chi connectivity index (χ3v) is 4.09. The van der Waals surface area contributed by atoms with E-state index in [1.165, 1.54) is 9.13 Å². The summed E-state index contributed by atoms with van der Waals surface area (Å²) in [4.78, 5) is 0. The number of benzene rings is 2. The molecule has 0 aliphatic heterocycles. The van der Waals surface area contributed by atoms with Crippen LogP contribution in [0.4, 0.5) is 0 Å². The fraction of sp³-hybridized carbons (Fsp3) is 0.143. The van der Waals surface area contributed by atoms with Gasteiger partial charge in [0.2, 0.25) is 0 Å². The fourth-order valence-electron chi connectivity index (χ4n) is 1.80. The number of nitrogens with two attached hydrogens (primary N) is 1. The normalized spacial score (nSPS) is 12.5. The Kier molecular flexibility index (Phi) is 4.22. The van der Waals surface area contributed by atoms with Crippen molar-refractivity contribution in [3.05, 3.63) is 67.2 Å². The van der Waals surface area contributed by atoms with Crippen LogP contribution < -0.4 is 5.73 Å². The standard InChI is InChI=1S/C14H13BrIN/c1-9-3-2-4-10(7-9)14(17)12-8-11(16)5-6-13(12)15/h2-8,14H,17H2,1H3. The molecular formula is C14H13BrIN. The maximum Gasteiger partial charge on any atom is 0.0563 e.